The van der Waals surface area contributed by atoms with Crippen molar-refractivity contribution < 1.29 is 19.1 Å². The van der Waals surface area contributed by atoms with Crippen LogP contribution in [-0.2, 0) is 0 Å². The van der Waals surface area contributed by atoms with Crippen LogP contribution >= 0.6 is 11.3 Å². The van der Waals surface area contributed by atoms with Crippen LogP contribution in [0.2, 0.25) is 0 Å². The molecule has 0 aliphatic rings. The highest BCUT2D eigenvalue weighted by molar-refractivity contribution is 7.12. The summed E-state index contributed by atoms with van der Waals surface area (Å²) in [4.78, 5) is 24.4. The number of ether oxygens (including phenoxy) is 2. The molecule has 0 fully saturated rings. The Morgan fingerprint density at radius 1 is 1.05 bits per heavy atom. The van der Waals surface area contributed by atoms with Gasteiger partial charge in [-0.25, -0.2) is 0 Å². The SMILES string of the molecule is COc1ccc(OC)c(C(=O)NNC(=O)c2cccs2)c1. The molecule has 7 heteroatoms. The van der Waals surface area contributed by atoms with Crippen LogP contribution in [0.3, 0.4) is 0 Å². The van der Waals surface area contributed by atoms with E-state index in [1.807, 2.05) is 0 Å². The summed E-state index contributed by atoms with van der Waals surface area (Å²) in [5.41, 5.74) is 4.96. The van der Waals surface area contributed by atoms with E-state index in [-0.39, 0.29) is 11.5 Å². The zero-order valence-corrected chi connectivity index (χ0v) is 12.3. The molecular weight excluding hydrogens is 292 g/mol. The van der Waals surface area contributed by atoms with Gasteiger partial charge in [-0.05, 0) is 29.6 Å². The Balaban J connectivity index is 2.08. The number of thiophene rings is 1. The summed E-state index contributed by atoms with van der Waals surface area (Å²) in [6, 6.07) is 8.25. The van der Waals surface area contributed by atoms with Gasteiger partial charge >= 0.3 is 0 Å². The number of hydrogen-bond donors (Lipinski definition) is 2. The highest BCUT2D eigenvalue weighted by Crippen LogP contribution is 2.23. The Morgan fingerprint density at radius 2 is 1.81 bits per heavy atom. The van der Waals surface area contributed by atoms with Crippen molar-refractivity contribution in [3.8, 4) is 11.5 Å². The van der Waals surface area contributed by atoms with Crippen molar-refractivity contribution in [3.05, 3.63) is 46.2 Å². The van der Waals surface area contributed by atoms with Gasteiger partial charge in [0.2, 0.25) is 0 Å². The average Bonchev–Trinajstić information content (AvgIpc) is 3.06. The lowest BCUT2D eigenvalue weighted by atomic mass is 10.2. The molecule has 0 aliphatic carbocycles. The number of hydrogen-bond acceptors (Lipinski definition) is 5. The fraction of sp³-hybridized carbons (Fsp3) is 0.143. The van der Waals surface area contributed by atoms with E-state index in [4.69, 9.17) is 9.47 Å². The van der Waals surface area contributed by atoms with Crippen molar-refractivity contribution in [1.82, 2.24) is 10.9 Å². The number of carbonyl (C=O) groups excluding carboxylic acids is 2. The van der Waals surface area contributed by atoms with E-state index < -0.39 is 5.91 Å². The lowest BCUT2D eigenvalue weighted by Gasteiger charge is -2.11. The number of rotatable bonds is 4. The van der Waals surface area contributed by atoms with Gasteiger partial charge in [-0.1, -0.05) is 6.07 Å². The molecule has 6 nitrogen and oxygen atoms in total. The zero-order chi connectivity index (χ0) is 15.2. The summed E-state index contributed by atoms with van der Waals surface area (Å²) in [6.07, 6.45) is 0. The summed E-state index contributed by atoms with van der Waals surface area (Å²) < 4.78 is 10.2. The third-order valence-electron chi connectivity index (χ3n) is 2.69. The molecule has 1 aromatic heterocycles. The lowest BCUT2D eigenvalue weighted by molar-refractivity contribution is 0.0847. The van der Waals surface area contributed by atoms with E-state index in [1.165, 1.54) is 31.6 Å². The van der Waals surface area contributed by atoms with Gasteiger partial charge in [0.15, 0.2) is 0 Å². The molecule has 0 atom stereocenters. The maximum Gasteiger partial charge on any atom is 0.279 e. The molecule has 1 aromatic carbocycles. The van der Waals surface area contributed by atoms with Crippen molar-refractivity contribution in [3.63, 3.8) is 0 Å². The highest BCUT2D eigenvalue weighted by Gasteiger charge is 2.15. The van der Waals surface area contributed by atoms with Gasteiger partial charge < -0.3 is 9.47 Å². The molecule has 0 unspecified atom stereocenters. The van der Waals surface area contributed by atoms with Gasteiger partial charge in [0.25, 0.3) is 11.8 Å². The van der Waals surface area contributed by atoms with Gasteiger partial charge in [-0.15, -0.1) is 11.3 Å². The molecule has 1 heterocycles. The Hall–Kier alpha value is -2.54. The smallest absolute Gasteiger partial charge is 0.279 e. The van der Waals surface area contributed by atoms with Crippen molar-refractivity contribution in [2.75, 3.05) is 14.2 Å². The summed E-state index contributed by atoms with van der Waals surface area (Å²) in [7, 11) is 2.96. The third-order valence-corrected chi connectivity index (χ3v) is 3.55. The Bertz CT molecular complexity index is 640. The minimum Gasteiger partial charge on any atom is -0.497 e. The summed E-state index contributed by atoms with van der Waals surface area (Å²) >= 11 is 1.28. The minimum absolute atomic E-state index is 0.267. The topological polar surface area (TPSA) is 76.7 Å². The second-order valence-electron chi connectivity index (χ2n) is 3.95. The standard InChI is InChI=1S/C14H14N2O4S/c1-19-9-5-6-11(20-2)10(8-9)13(17)15-16-14(18)12-4-3-7-21-12/h3-8H,1-2H3,(H,15,17)(H,16,18). The Kier molecular flexibility index (Phi) is 4.78. The van der Waals surface area contributed by atoms with Gasteiger partial charge in [0.05, 0.1) is 24.7 Å². The Morgan fingerprint density at radius 3 is 2.43 bits per heavy atom. The quantitative estimate of drug-likeness (QED) is 0.845. The van der Waals surface area contributed by atoms with Gasteiger partial charge in [-0.2, -0.15) is 0 Å². The molecule has 0 bridgehead atoms. The lowest BCUT2D eigenvalue weighted by Crippen LogP contribution is -2.41. The van der Waals surface area contributed by atoms with Gasteiger partial charge in [0, 0.05) is 0 Å². The minimum atomic E-state index is -0.490. The van der Waals surface area contributed by atoms with E-state index in [2.05, 4.69) is 10.9 Å². The summed E-state index contributed by atoms with van der Waals surface area (Å²) in [6.45, 7) is 0. The summed E-state index contributed by atoms with van der Waals surface area (Å²) in [5.74, 6) is 0.0417. The number of benzene rings is 1. The molecule has 2 aromatic rings. The molecule has 110 valence electrons. The van der Waals surface area contributed by atoms with Crippen molar-refractivity contribution in [2.24, 2.45) is 0 Å². The van der Waals surface area contributed by atoms with Gasteiger partial charge in [0.1, 0.15) is 11.5 Å². The van der Waals surface area contributed by atoms with Crippen LogP contribution in [0.5, 0.6) is 11.5 Å². The van der Waals surface area contributed by atoms with E-state index in [0.29, 0.717) is 16.4 Å². The van der Waals surface area contributed by atoms with E-state index in [1.54, 1.807) is 29.6 Å². The number of methoxy groups -OCH3 is 2. The number of carbonyl (C=O) groups is 2. The molecule has 0 saturated carbocycles. The first-order valence-corrected chi connectivity index (χ1v) is 6.90. The number of nitrogens with one attached hydrogen (secondary N) is 2. The monoisotopic (exact) mass is 306 g/mol. The van der Waals surface area contributed by atoms with Crippen molar-refractivity contribution >= 4 is 23.2 Å². The maximum absolute atomic E-state index is 12.1. The summed E-state index contributed by atoms with van der Waals surface area (Å²) in [5, 5.41) is 1.78. The van der Waals surface area contributed by atoms with Crippen LogP contribution in [0.4, 0.5) is 0 Å². The number of hydrazine groups is 1. The molecule has 2 N–H and O–H groups in total. The van der Waals surface area contributed by atoms with Crippen LogP contribution in [0.15, 0.2) is 35.7 Å². The predicted molar refractivity (Wildman–Crippen MR) is 78.8 cm³/mol. The molecule has 0 spiro atoms. The van der Waals surface area contributed by atoms with Crippen molar-refractivity contribution in [2.45, 2.75) is 0 Å². The third kappa shape index (κ3) is 3.51. The van der Waals surface area contributed by atoms with Crippen LogP contribution < -0.4 is 20.3 Å². The van der Waals surface area contributed by atoms with E-state index in [0.717, 1.165) is 0 Å². The molecule has 0 radical (unpaired) electrons. The van der Waals surface area contributed by atoms with Crippen LogP contribution in [0, 0.1) is 0 Å². The van der Waals surface area contributed by atoms with Gasteiger partial charge in [-0.3, -0.25) is 20.4 Å². The van der Waals surface area contributed by atoms with Crippen molar-refractivity contribution in [1.29, 1.82) is 0 Å². The van der Waals surface area contributed by atoms with E-state index in [9.17, 15) is 9.59 Å². The van der Waals surface area contributed by atoms with E-state index >= 15 is 0 Å². The number of amides is 2. The molecule has 2 amide bonds. The molecule has 0 aliphatic heterocycles. The van der Waals surface area contributed by atoms with Crippen LogP contribution in [0.25, 0.3) is 0 Å². The average molecular weight is 306 g/mol. The maximum atomic E-state index is 12.1. The normalized spacial score (nSPS) is 9.81. The second-order valence-corrected chi connectivity index (χ2v) is 4.90. The first-order chi connectivity index (χ1) is 10.2. The van der Waals surface area contributed by atoms with Crippen LogP contribution in [0.1, 0.15) is 20.0 Å². The first kappa shape index (κ1) is 14.9. The molecule has 2 rings (SSSR count). The fourth-order valence-electron chi connectivity index (χ4n) is 1.64. The predicted octanol–water partition coefficient (Wildman–Crippen LogP) is 1.84. The molecule has 0 saturated heterocycles. The largest absolute Gasteiger partial charge is 0.497 e. The zero-order valence-electron chi connectivity index (χ0n) is 11.5. The Labute approximate surface area is 125 Å². The second kappa shape index (κ2) is 6.76. The first-order valence-electron chi connectivity index (χ1n) is 6.02. The highest BCUT2D eigenvalue weighted by atomic mass is 32.1. The molecule has 21 heavy (non-hydrogen) atoms. The molecular formula is C14H14N2O4S. The fourth-order valence-corrected chi connectivity index (χ4v) is 2.26. The van der Waals surface area contributed by atoms with Crippen LogP contribution in [-0.4, -0.2) is 26.0 Å².